The molecular weight excluding hydrogens is 616 g/mol. The van der Waals surface area contributed by atoms with Gasteiger partial charge in [-0.25, -0.2) is 9.48 Å². The number of β-lactam (4-membered cyclic amide) rings is 1. The van der Waals surface area contributed by atoms with Crippen LogP contribution >= 0.6 is 11.8 Å². The molecule has 3 saturated heterocycles. The number of carboxylic acid groups (broad SMARTS) is 1. The summed E-state index contributed by atoms with van der Waals surface area (Å²) in [7, 11) is 0. The van der Waals surface area contributed by atoms with Crippen molar-refractivity contribution in [1.29, 1.82) is 0 Å². The summed E-state index contributed by atoms with van der Waals surface area (Å²) in [4.78, 5) is 67.9. The minimum Gasteiger partial charge on any atom is -0.477 e. The lowest BCUT2D eigenvalue weighted by Crippen LogP contribution is -2.66. The second-order valence-corrected chi connectivity index (χ2v) is 13.3. The molecule has 1 unspecified atom stereocenters. The van der Waals surface area contributed by atoms with E-state index >= 15 is 0 Å². The molecule has 1 aromatic carbocycles. The Bertz CT molecular complexity index is 1560. The van der Waals surface area contributed by atoms with E-state index < -0.39 is 30.0 Å². The molecule has 2 aromatic rings. The molecule has 5 heterocycles. The number of hydrogen-bond acceptors (Lipinski definition) is 11. The Morgan fingerprint density at radius 3 is 2.70 bits per heavy atom. The number of hydrogen-bond donors (Lipinski definition) is 5. The van der Waals surface area contributed by atoms with Gasteiger partial charge in [-0.3, -0.25) is 19.2 Å². The van der Waals surface area contributed by atoms with Crippen molar-refractivity contribution in [3.8, 4) is 0 Å². The summed E-state index contributed by atoms with van der Waals surface area (Å²) >= 11 is 1.38. The fourth-order valence-corrected chi connectivity index (χ4v) is 8.15. The summed E-state index contributed by atoms with van der Waals surface area (Å²) < 4.78 is 1.27. The second kappa shape index (κ2) is 13.2. The molecule has 1 aromatic heterocycles. The summed E-state index contributed by atoms with van der Waals surface area (Å²) in [5.74, 6) is -3.08. The molecule has 0 bridgehead atoms. The molecule has 6 atom stereocenters. The van der Waals surface area contributed by atoms with Crippen LogP contribution in [0, 0.1) is 11.8 Å². The third-order valence-corrected chi connectivity index (χ3v) is 10.4. The molecule has 3 fully saturated rings. The number of nitrogens with zero attached hydrogens (tertiary/aromatic N) is 6. The van der Waals surface area contributed by atoms with Crippen LogP contribution in [0.15, 0.2) is 41.2 Å². The maximum atomic E-state index is 13.2. The second-order valence-electron chi connectivity index (χ2n) is 11.9. The highest BCUT2D eigenvalue weighted by molar-refractivity contribution is 8.03. The van der Waals surface area contributed by atoms with Gasteiger partial charge in [0.25, 0.3) is 5.91 Å². The van der Waals surface area contributed by atoms with Gasteiger partial charge in [-0.05, 0) is 42.0 Å². The first-order chi connectivity index (χ1) is 22.1. The molecule has 4 amide bonds. The van der Waals surface area contributed by atoms with Crippen LogP contribution < -0.4 is 21.3 Å². The summed E-state index contributed by atoms with van der Waals surface area (Å²) in [5.41, 5.74) is 1.00. The number of fused-ring (bicyclic) bond motifs is 1. The van der Waals surface area contributed by atoms with Gasteiger partial charge < -0.3 is 36.2 Å². The van der Waals surface area contributed by atoms with Crippen molar-refractivity contribution in [3.63, 3.8) is 0 Å². The van der Waals surface area contributed by atoms with Crippen molar-refractivity contribution in [3.05, 3.63) is 46.8 Å². The highest BCUT2D eigenvalue weighted by Crippen LogP contribution is 2.51. The van der Waals surface area contributed by atoms with Crippen LogP contribution in [0.25, 0.3) is 0 Å². The average molecular weight is 653 g/mol. The molecule has 5 N–H and O–H groups in total. The smallest absolute Gasteiger partial charge is 0.353 e. The third kappa shape index (κ3) is 6.21. The molecule has 244 valence electrons. The minimum absolute atomic E-state index is 0.0326. The van der Waals surface area contributed by atoms with E-state index in [2.05, 4.69) is 36.8 Å². The Kier molecular flexibility index (Phi) is 9.06. The Labute approximate surface area is 268 Å². The van der Waals surface area contributed by atoms with E-state index in [-0.39, 0.29) is 47.0 Å². The van der Waals surface area contributed by atoms with Gasteiger partial charge in [-0.15, -0.1) is 16.9 Å². The topological polar surface area (TPSA) is 204 Å². The number of aliphatic carboxylic acids is 1. The lowest BCUT2D eigenvalue weighted by atomic mass is 9.78. The number of anilines is 1. The summed E-state index contributed by atoms with van der Waals surface area (Å²) in [6.07, 6.45) is 1.76. The summed E-state index contributed by atoms with van der Waals surface area (Å²) in [5, 5.41) is 32.9. The van der Waals surface area contributed by atoms with Gasteiger partial charge in [-0.2, -0.15) is 0 Å². The van der Waals surface area contributed by atoms with Gasteiger partial charge in [0.1, 0.15) is 18.6 Å². The van der Waals surface area contributed by atoms with Crippen molar-refractivity contribution in [2.24, 2.45) is 11.8 Å². The summed E-state index contributed by atoms with van der Waals surface area (Å²) in [6.45, 7) is 6.74. The predicted octanol–water partition coefficient (Wildman–Crippen LogP) is -0.901. The SMILES string of the molecule is C[C@H]1C(S[C@@H]2CN[C@H](C(=O)Nc3cccc(C(=O)N4CCNCC4)c3)C2)=C(C(=O)O)N2C(=O)[C@H]([C@@H](C)NC(=O)Cn3cnnn3)C12. The highest BCUT2D eigenvalue weighted by Gasteiger charge is 2.60. The standard InChI is InChI=1S/C29H36N10O6S/c1-15-23-22(16(2)33-21(40)13-38-14-32-35-36-38)28(43)39(23)24(29(44)45)25(15)46-19-11-20(31-12-19)26(41)34-18-5-3-4-17(10-18)27(42)37-8-6-30-7-9-37/h3-5,10,14-16,19-20,22-23,30-31H,6-9,11-13H2,1-2H3,(H,33,40)(H,34,41)(H,44,45)/t15-,16-,19+,20+,22-,23?/m1/s1. The Balaban J connectivity index is 1.06. The molecule has 16 nitrogen and oxygen atoms in total. The maximum absolute atomic E-state index is 13.2. The number of tetrazole rings is 1. The molecule has 0 spiro atoms. The fraction of sp³-hybridized carbons (Fsp3) is 0.517. The number of piperazine rings is 1. The lowest BCUT2D eigenvalue weighted by molar-refractivity contribution is -0.158. The van der Waals surface area contributed by atoms with Crippen molar-refractivity contribution in [2.45, 2.75) is 50.2 Å². The van der Waals surface area contributed by atoms with Crippen molar-refractivity contribution < 1.29 is 29.1 Å². The van der Waals surface area contributed by atoms with Gasteiger partial charge in [0.05, 0.1) is 18.0 Å². The molecule has 4 aliphatic heterocycles. The van der Waals surface area contributed by atoms with Crippen LogP contribution in [0.4, 0.5) is 5.69 Å². The fourth-order valence-electron chi connectivity index (χ4n) is 6.67. The van der Waals surface area contributed by atoms with E-state index in [0.717, 1.165) is 13.1 Å². The molecule has 0 radical (unpaired) electrons. The number of carbonyl (C=O) groups is 5. The van der Waals surface area contributed by atoms with Gasteiger partial charge >= 0.3 is 5.97 Å². The van der Waals surface area contributed by atoms with E-state index in [1.165, 1.54) is 27.7 Å². The number of benzene rings is 1. The molecule has 0 saturated carbocycles. The predicted molar refractivity (Wildman–Crippen MR) is 165 cm³/mol. The van der Waals surface area contributed by atoms with Crippen molar-refractivity contribution in [2.75, 3.05) is 38.0 Å². The van der Waals surface area contributed by atoms with Crippen LogP contribution in [-0.2, 0) is 25.7 Å². The zero-order valence-electron chi connectivity index (χ0n) is 25.4. The van der Waals surface area contributed by atoms with Crippen LogP contribution in [0.1, 0.15) is 30.6 Å². The minimum atomic E-state index is -1.19. The number of carbonyl (C=O) groups excluding carboxylic acids is 4. The van der Waals surface area contributed by atoms with E-state index in [1.807, 2.05) is 6.92 Å². The normalized spacial score (nSPS) is 26.4. The lowest BCUT2D eigenvalue weighted by Gasteiger charge is -2.47. The molecule has 6 rings (SSSR count). The monoisotopic (exact) mass is 652 g/mol. The van der Waals surface area contributed by atoms with E-state index in [4.69, 9.17) is 0 Å². The number of nitrogens with one attached hydrogen (secondary N) is 4. The van der Waals surface area contributed by atoms with Crippen molar-refractivity contribution in [1.82, 2.24) is 46.0 Å². The van der Waals surface area contributed by atoms with E-state index in [0.29, 0.717) is 42.2 Å². The Morgan fingerprint density at radius 1 is 1.20 bits per heavy atom. The van der Waals surface area contributed by atoms with Crippen LogP contribution in [-0.4, -0.2) is 121 Å². The van der Waals surface area contributed by atoms with Gasteiger partial charge in [0.15, 0.2) is 0 Å². The van der Waals surface area contributed by atoms with Gasteiger partial charge in [0, 0.05) is 66.1 Å². The first kappa shape index (κ1) is 31.6. The van der Waals surface area contributed by atoms with Crippen LogP contribution in [0.2, 0.25) is 0 Å². The zero-order chi connectivity index (χ0) is 32.5. The molecule has 4 aliphatic rings. The molecule has 17 heteroatoms. The number of aromatic nitrogens is 4. The number of carboxylic acids is 1. The first-order valence-corrected chi connectivity index (χ1v) is 16.1. The maximum Gasteiger partial charge on any atom is 0.353 e. The molecule has 0 aliphatic carbocycles. The number of amides is 4. The highest BCUT2D eigenvalue weighted by atomic mass is 32.2. The largest absolute Gasteiger partial charge is 0.477 e. The van der Waals surface area contributed by atoms with Crippen LogP contribution in [0.3, 0.4) is 0 Å². The average Bonchev–Trinajstić information content (AvgIpc) is 3.77. The van der Waals surface area contributed by atoms with E-state index in [9.17, 15) is 29.1 Å². The quantitative estimate of drug-likeness (QED) is 0.198. The zero-order valence-corrected chi connectivity index (χ0v) is 26.2. The first-order valence-electron chi connectivity index (χ1n) is 15.2. The molecular formula is C29H36N10O6S. The van der Waals surface area contributed by atoms with Crippen molar-refractivity contribution >= 4 is 47.0 Å². The number of rotatable bonds is 10. The van der Waals surface area contributed by atoms with Crippen LogP contribution in [0.5, 0.6) is 0 Å². The summed E-state index contributed by atoms with van der Waals surface area (Å²) in [6, 6.07) is 5.44. The molecule has 46 heavy (non-hydrogen) atoms. The van der Waals surface area contributed by atoms with E-state index in [1.54, 1.807) is 36.1 Å². The Morgan fingerprint density at radius 2 is 1.98 bits per heavy atom. The third-order valence-electron chi connectivity index (χ3n) is 8.90. The van der Waals surface area contributed by atoms with Gasteiger partial charge in [0.2, 0.25) is 17.7 Å². The van der Waals surface area contributed by atoms with Gasteiger partial charge in [-0.1, -0.05) is 13.0 Å². The Hall–Kier alpha value is -4.35. The number of thioether (sulfide) groups is 1.